The van der Waals surface area contributed by atoms with Crippen LogP contribution in [0.3, 0.4) is 0 Å². The van der Waals surface area contributed by atoms with Gasteiger partial charge in [-0.2, -0.15) is 0 Å². The number of aromatic nitrogens is 3. The minimum absolute atomic E-state index is 0.484. The summed E-state index contributed by atoms with van der Waals surface area (Å²) in [4.78, 5) is 14.9. The number of hydrogen-bond acceptors (Lipinski definition) is 3. The van der Waals surface area contributed by atoms with Crippen molar-refractivity contribution >= 4 is 11.2 Å². The van der Waals surface area contributed by atoms with Gasteiger partial charge in [0, 0.05) is 25.2 Å². The van der Waals surface area contributed by atoms with Crippen molar-refractivity contribution in [3.05, 3.63) is 59.5 Å². The highest BCUT2D eigenvalue weighted by Crippen LogP contribution is 2.27. The van der Waals surface area contributed by atoms with Gasteiger partial charge in [0.25, 0.3) is 0 Å². The molecule has 3 heterocycles. The van der Waals surface area contributed by atoms with Crippen molar-refractivity contribution in [2.24, 2.45) is 0 Å². The molecule has 1 unspecified atom stereocenters. The number of aryl methyl sites for hydroxylation is 1. The molecule has 1 aliphatic heterocycles. The highest BCUT2D eigenvalue weighted by atomic mass is 15.2. The molecule has 0 saturated carbocycles. The van der Waals surface area contributed by atoms with Gasteiger partial charge >= 0.3 is 0 Å². The van der Waals surface area contributed by atoms with E-state index in [0.717, 1.165) is 43.0 Å². The van der Waals surface area contributed by atoms with Crippen molar-refractivity contribution in [3.8, 4) is 0 Å². The fourth-order valence-electron chi connectivity index (χ4n) is 3.28. The lowest BCUT2D eigenvalue weighted by Gasteiger charge is -2.17. The number of imidazole rings is 1. The Bertz CT molecular complexity index is 759. The lowest BCUT2D eigenvalue weighted by Crippen LogP contribution is -2.20. The number of hydrogen-bond donors (Lipinski definition) is 1. The number of fused-ring (bicyclic) bond motifs is 1. The second-order valence-corrected chi connectivity index (χ2v) is 6.14. The van der Waals surface area contributed by atoms with Crippen LogP contribution in [0.2, 0.25) is 0 Å². The summed E-state index contributed by atoms with van der Waals surface area (Å²) < 4.78 is 0. The molecule has 4 rings (SSSR count). The molecule has 1 aliphatic rings. The minimum atomic E-state index is 0.484. The molecule has 0 radical (unpaired) electrons. The summed E-state index contributed by atoms with van der Waals surface area (Å²) >= 11 is 0. The number of likely N-dealkylation sites (tertiary alicyclic amines) is 1. The third-order valence-corrected chi connectivity index (χ3v) is 4.59. The van der Waals surface area contributed by atoms with Crippen LogP contribution in [-0.4, -0.2) is 32.9 Å². The van der Waals surface area contributed by atoms with Gasteiger partial charge in [-0.15, -0.1) is 0 Å². The molecule has 1 N–H and O–H groups in total. The normalized spacial score (nSPS) is 19.0. The predicted octanol–water partition coefficient (Wildman–Crippen LogP) is 3.26. The molecular weight excluding hydrogens is 272 g/mol. The van der Waals surface area contributed by atoms with Crippen LogP contribution >= 0.6 is 0 Å². The average Bonchev–Trinajstić information content (AvgIpc) is 3.15. The van der Waals surface area contributed by atoms with E-state index >= 15 is 0 Å². The fraction of sp³-hybridized carbons (Fsp3) is 0.333. The van der Waals surface area contributed by atoms with E-state index in [2.05, 4.69) is 51.0 Å². The van der Waals surface area contributed by atoms with Gasteiger partial charge in [0.1, 0.15) is 5.82 Å². The van der Waals surface area contributed by atoms with Gasteiger partial charge in [-0.1, -0.05) is 24.3 Å². The number of pyridine rings is 1. The maximum absolute atomic E-state index is 4.66. The molecule has 1 saturated heterocycles. The molecule has 0 spiro atoms. The van der Waals surface area contributed by atoms with E-state index in [1.165, 1.54) is 11.1 Å². The van der Waals surface area contributed by atoms with Gasteiger partial charge in [-0.3, -0.25) is 4.90 Å². The molecule has 0 bridgehead atoms. The summed E-state index contributed by atoms with van der Waals surface area (Å²) in [7, 11) is 0. The first-order valence-corrected chi connectivity index (χ1v) is 7.87. The summed E-state index contributed by atoms with van der Waals surface area (Å²) in [5.74, 6) is 1.57. The molecule has 4 nitrogen and oxygen atoms in total. The zero-order valence-electron chi connectivity index (χ0n) is 12.8. The largest absolute Gasteiger partial charge is 0.340 e. The SMILES string of the molecule is Cc1ccccc1CN1CCC(c2nc3ncccc3[nH]2)C1. The Kier molecular flexibility index (Phi) is 3.39. The lowest BCUT2D eigenvalue weighted by atomic mass is 10.1. The average molecular weight is 292 g/mol. The van der Waals surface area contributed by atoms with Crippen LogP contribution in [0.5, 0.6) is 0 Å². The third kappa shape index (κ3) is 2.50. The Hall–Kier alpha value is -2.20. The number of nitrogens with one attached hydrogen (secondary N) is 1. The highest BCUT2D eigenvalue weighted by molar-refractivity contribution is 5.70. The van der Waals surface area contributed by atoms with E-state index in [4.69, 9.17) is 0 Å². The van der Waals surface area contributed by atoms with Crippen molar-refractivity contribution in [3.63, 3.8) is 0 Å². The van der Waals surface area contributed by atoms with Crippen molar-refractivity contribution in [2.45, 2.75) is 25.8 Å². The number of nitrogens with zero attached hydrogens (tertiary/aromatic N) is 3. The molecule has 0 amide bonds. The van der Waals surface area contributed by atoms with Crippen LogP contribution in [0.1, 0.15) is 29.3 Å². The second kappa shape index (κ2) is 5.54. The van der Waals surface area contributed by atoms with Crippen LogP contribution in [-0.2, 0) is 6.54 Å². The van der Waals surface area contributed by atoms with E-state index < -0.39 is 0 Å². The number of rotatable bonds is 3. The van der Waals surface area contributed by atoms with Crippen molar-refractivity contribution in [2.75, 3.05) is 13.1 Å². The highest BCUT2D eigenvalue weighted by Gasteiger charge is 2.26. The Morgan fingerprint density at radius 1 is 1.23 bits per heavy atom. The van der Waals surface area contributed by atoms with E-state index in [1.54, 1.807) is 6.20 Å². The third-order valence-electron chi connectivity index (χ3n) is 4.59. The maximum Gasteiger partial charge on any atom is 0.177 e. The Labute approximate surface area is 130 Å². The van der Waals surface area contributed by atoms with Crippen molar-refractivity contribution in [1.82, 2.24) is 19.9 Å². The molecular formula is C18H20N4. The van der Waals surface area contributed by atoms with Crippen LogP contribution in [0.25, 0.3) is 11.2 Å². The molecule has 1 atom stereocenters. The van der Waals surface area contributed by atoms with Gasteiger partial charge in [0.15, 0.2) is 5.65 Å². The zero-order chi connectivity index (χ0) is 14.9. The Morgan fingerprint density at radius 3 is 3.00 bits per heavy atom. The summed E-state index contributed by atoms with van der Waals surface area (Å²) in [5, 5.41) is 0. The van der Waals surface area contributed by atoms with Gasteiger partial charge in [-0.05, 0) is 43.1 Å². The number of benzene rings is 1. The monoisotopic (exact) mass is 292 g/mol. The van der Waals surface area contributed by atoms with E-state index in [9.17, 15) is 0 Å². The van der Waals surface area contributed by atoms with Crippen LogP contribution in [0.15, 0.2) is 42.6 Å². The molecule has 0 aliphatic carbocycles. The Balaban J connectivity index is 1.49. The first kappa shape index (κ1) is 13.5. The van der Waals surface area contributed by atoms with Gasteiger partial charge < -0.3 is 4.98 Å². The molecule has 1 fully saturated rings. The van der Waals surface area contributed by atoms with Gasteiger partial charge in [0.05, 0.1) is 5.52 Å². The summed E-state index contributed by atoms with van der Waals surface area (Å²) in [6.45, 7) is 5.41. The summed E-state index contributed by atoms with van der Waals surface area (Å²) in [6, 6.07) is 12.6. The zero-order valence-corrected chi connectivity index (χ0v) is 12.8. The Morgan fingerprint density at radius 2 is 2.14 bits per heavy atom. The fourth-order valence-corrected chi connectivity index (χ4v) is 3.28. The molecule has 3 aromatic rings. The number of aromatic amines is 1. The van der Waals surface area contributed by atoms with Gasteiger partial charge in [-0.25, -0.2) is 9.97 Å². The predicted molar refractivity (Wildman–Crippen MR) is 87.7 cm³/mol. The van der Waals surface area contributed by atoms with Crippen LogP contribution < -0.4 is 0 Å². The van der Waals surface area contributed by atoms with Crippen LogP contribution in [0.4, 0.5) is 0 Å². The van der Waals surface area contributed by atoms with E-state index in [0.29, 0.717) is 5.92 Å². The van der Waals surface area contributed by atoms with E-state index in [-0.39, 0.29) is 0 Å². The topological polar surface area (TPSA) is 44.8 Å². The van der Waals surface area contributed by atoms with Crippen molar-refractivity contribution in [1.29, 1.82) is 0 Å². The molecule has 1 aromatic carbocycles. The summed E-state index contributed by atoms with van der Waals surface area (Å²) in [5.41, 5.74) is 4.66. The first-order chi connectivity index (χ1) is 10.8. The first-order valence-electron chi connectivity index (χ1n) is 7.87. The molecule has 112 valence electrons. The van der Waals surface area contributed by atoms with Gasteiger partial charge in [0.2, 0.25) is 0 Å². The van der Waals surface area contributed by atoms with Crippen molar-refractivity contribution < 1.29 is 0 Å². The van der Waals surface area contributed by atoms with E-state index in [1.807, 2.05) is 12.1 Å². The molecule has 2 aromatic heterocycles. The molecule has 4 heteroatoms. The van der Waals surface area contributed by atoms with Crippen LogP contribution in [0, 0.1) is 6.92 Å². The standard InChI is InChI=1S/C18H20N4/c1-13-5-2-3-6-14(13)11-22-10-8-15(12-22)17-20-16-7-4-9-19-18(16)21-17/h2-7,9,15H,8,10-12H2,1H3,(H,19,20,21). The summed E-state index contributed by atoms with van der Waals surface area (Å²) in [6.07, 6.45) is 2.96. The number of H-pyrrole nitrogens is 1. The maximum atomic E-state index is 4.66. The minimum Gasteiger partial charge on any atom is -0.340 e. The quantitative estimate of drug-likeness (QED) is 0.806. The molecule has 22 heavy (non-hydrogen) atoms. The lowest BCUT2D eigenvalue weighted by molar-refractivity contribution is 0.325. The second-order valence-electron chi connectivity index (χ2n) is 6.14. The smallest absolute Gasteiger partial charge is 0.177 e.